The Kier molecular flexibility index (Phi) is 3.12. The van der Waals surface area contributed by atoms with Crippen molar-refractivity contribution in [1.82, 2.24) is 0 Å². The van der Waals surface area contributed by atoms with Gasteiger partial charge in [0.05, 0.1) is 0 Å². The molecule has 0 aliphatic heterocycles. The van der Waals surface area contributed by atoms with Crippen molar-refractivity contribution in [2.45, 2.75) is 0 Å². The lowest BCUT2D eigenvalue weighted by Gasteiger charge is -1.99. The molecule has 0 aliphatic rings. The van der Waals surface area contributed by atoms with Crippen LogP contribution in [0.25, 0.3) is 0 Å². The van der Waals surface area contributed by atoms with E-state index in [9.17, 15) is 14.7 Å². The van der Waals surface area contributed by atoms with Gasteiger partial charge in [-0.05, 0) is 0 Å². The highest BCUT2D eigenvalue weighted by atomic mass is 16.6. The molecule has 0 aromatic rings. The second-order valence-corrected chi connectivity index (χ2v) is 1.17. The van der Waals surface area contributed by atoms with Crippen molar-refractivity contribution >= 4 is 11.9 Å². The van der Waals surface area contributed by atoms with Crippen LogP contribution in [-0.2, 0) is 14.3 Å². The van der Waals surface area contributed by atoms with Gasteiger partial charge in [0, 0.05) is 0 Å². The summed E-state index contributed by atoms with van der Waals surface area (Å²) in [5.41, 5.74) is 0. The Morgan fingerprint density at radius 1 is 1.67 bits per heavy atom. The van der Waals surface area contributed by atoms with Crippen molar-refractivity contribution in [1.29, 1.82) is 0 Å². The lowest BCUT2D eigenvalue weighted by Crippen LogP contribution is -2.33. The maximum Gasteiger partial charge on any atom is 0.354 e. The van der Waals surface area contributed by atoms with Crippen LogP contribution >= 0.6 is 0 Å². The van der Waals surface area contributed by atoms with Crippen molar-refractivity contribution in [3.05, 3.63) is 12.7 Å². The van der Waals surface area contributed by atoms with Crippen molar-refractivity contribution in [3.8, 4) is 0 Å². The highest BCUT2D eigenvalue weighted by Crippen LogP contribution is 1.75. The topological polar surface area (TPSA) is 66.4 Å². The Hall–Kier alpha value is -1.32. The van der Waals surface area contributed by atoms with E-state index >= 15 is 0 Å². The second-order valence-electron chi connectivity index (χ2n) is 1.17. The van der Waals surface area contributed by atoms with Crippen molar-refractivity contribution in [2.24, 2.45) is 0 Å². The van der Waals surface area contributed by atoms with E-state index in [1.165, 1.54) is 6.08 Å². The third kappa shape index (κ3) is 3.28. The van der Waals surface area contributed by atoms with Gasteiger partial charge < -0.3 is 14.6 Å². The van der Waals surface area contributed by atoms with Gasteiger partial charge in [0.2, 0.25) is 0 Å². The van der Waals surface area contributed by atoms with Gasteiger partial charge in [-0.2, -0.15) is 0 Å². The first-order valence-corrected chi connectivity index (χ1v) is 2.17. The van der Waals surface area contributed by atoms with E-state index in [4.69, 9.17) is 0 Å². The number of hydrogen-bond acceptors (Lipinski definition) is 4. The molecule has 4 nitrogen and oxygen atoms in total. The van der Waals surface area contributed by atoms with Crippen LogP contribution in [-0.4, -0.2) is 18.5 Å². The van der Waals surface area contributed by atoms with Crippen LogP contribution in [0.15, 0.2) is 12.7 Å². The van der Waals surface area contributed by atoms with Crippen LogP contribution in [0.2, 0.25) is 0 Å². The standard InChI is InChI=1S/C5H6O4/c1-2-3-9-5(8)4(6)7/h2H,1,3H2,(H,6,7)/p-1. The van der Waals surface area contributed by atoms with Crippen LogP contribution in [0.1, 0.15) is 0 Å². The smallest absolute Gasteiger partial charge is 0.354 e. The highest BCUT2D eigenvalue weighted by Gasteiger charge is 1.99. The molecule has 0 rings (SSSR count). The first-order valence-electron chi connectivity index (χ1n) is 2.17. The molecule has 0 radical (unpaired) electrons. The summed E-state index contributed by atoms with van der Waals surface area (Å²) >= 11 is 0. The lowest BCUT2D eigenvalue weighted by atomic mass is 10.6. The van der Waals surface area contributed by atoms with Crippen LogP contribution in [0.3, 0.4) is 0 Å². The number of aliphatic carboxylic acids is 1. The van der Waals surface area contributed by atoms with E-state index in [-0.39, 0.29) is 6.61 Å². The quantitative estimate of drug-likeness (QED) is 0.257. The molecule has 0 aromatic carbocycles. The number of rotatable bonds is 2. The van der Waals surface area contributed by atoms with Gasteiger partial charge in [-0.3, -0.25) is 0 Å². The number of esters is 1. The number of carboxylic acid groups (broad SMARTS) is 1. The molecule has 0 saturated heterocycles. The van der Waals surface area contributed by atoms with E-state index in [2.05, 4.69) is 11.3 Å². The average Bonchev–Trinajstić information content (AvgIpc) is 1.82. The first-order chi connectivity index (χ1) is 4.18. The molecule has 0 N–H and O–H groups in total. The fraction of sp³-hybridized carbons (Fsp3) is 0.200. The van der Waals surface area contributed by atoms with E-state index in [0.29, 0.717) is 0 Å². The molecule has 0 atom stereocenters. The Labute approximate surface area is 51.7 Å². The Morgan fingerprint density at radius 3 is 2.56 bits per heavy atom. The summed E-state index contributed by atoms with van der Waals surface area (Å²) in [6, 6.07) is 0. The monoisotopic (exact) mass is 129 g/mol. The SMILES string of the molecule is C=CCOC(=O)C(=O)[O-]. The van der Waals surface area contributed by atoms with Gasteiger partial charge in [-0.25, -0.2) is 4.79 Å². The highest BCUT2D eigenvalue weighted by molar-refractivity contribution is 6.27. The molecule has 0 bridgehead atoms. The van der Waals surface area contributed by atoms with Crippen molar-refractivity contribution < 1.29 is 19.4 Å². The molecule has 0 heterocycles. The van der Waals surface area contributed by atoms with Gasteiger partial charge in [-0.15, -0.1) is 0 Å². The van der Waals surface area contributed by atoms with Gasteiger partial charge >= 0.3 is 5.97 Å². The number of ether oxygens (including phenoxy) is 1. The minimum Gasteiger partial charge on any atom is -0.539 e. The van der Waals surface area contributed by atoms with Crippen molar-refractivity contribution in [3.63, 3.8) is 0 Å². The largest absolute Gasteiger partial charge is 0.539 e. The summed E-state index contributed by atoms with van der Waals surface area (Å²) in [6.07, 6.45) is 1.26. The van der Waals surface area contributed by atoms with Crippen LogP contribution in [0.4, 0.5) is 0 Å². The van der Waals surface area contributed by atoms with Gasteiger partial charge in [0.15, 0.2) is 5.97 Å². The molecule has 0 amide bonds. The van der Waals surface area contributed by atoms with E-state index in [1.54, 1.807) is 0 Å². The summed E-state index contributed by atoms with van der Waals surface area (Å²) in [5.74, 6) is -3.20. The van der Waals surface area contributed by atoms with Crippen LogP contribution < -0.4 is 5.11 Å². The van der Waals surface area contributed by atoms with Crippen molar-refractivity contribution in [2.75, 3.05) is 6.61 Å². The molecular weight excluding hydrogens is 124 g/mol. The fourth-order valence-corrected chi connectivity index (χ4v) is 0.194. The summed E-state index contributed by atoms with van der Waals surface area (Å²) < 4.78 is 4.03. The summed E-state index contributed by atoms with van der Waals surface area (Å²) in [5, 5.41) is 9.59. The fourth-order valence-electron chi connectivity index (χ4n) is 0.194. The summed E-state index contributed by atoms with van der Waals surface area (Å²) in [7, 11) is 0. The van der Waals surface area contributed by atoms with Gasteiger partial charge in [0.1, 0.15) is 6.61 Å². The maximum absolute atomic E-state index is 9.97. The normalized spacial score (nSPS) is 8.00. The molecule has 0 fully saturated rings. The third-order valence-corrected chi connectivity index (χ3v) is 0.499. The molecule has 9 heavy (non-hydrogen) atoms. The predicted octanol–water partition coefficient (Wildman–Crippen LogP) is -1.53. The number of carboxylic acids is 1. The zero-order chi connectivity index (χ0) is 7.28. The first kappa shape index (κ1) is 7.68. The average molecular weight is 129 g/mol. The zero-order valence-electron chi connectivity index (χ0n) is 4.62. The zero-order valence-corrected chi connectivity index (χ0v) is 4.62. The lowest BCUT2D eigenvalue weighted by molar-refractivity contribution is -0.303. The van der Waals surface area contributed by atoms with Gasteiger partial charge in [-0.1, -0.05) is 12.7 Å². The number of hydrogen-bond donors (Lipinski definition) is 0. The number of carbonyl (C=O) groups excluding carboxylic acids is 2. The minimum atomic E-state index is -1.84. The Bertz CT molecular complexity index is 138. The Morgan fingerprint density at radius 2 is 2.22 bits per heavy atom. The maximum atomic E-state index is 9.97. The Balaban J connectivity index is 3.51. The summed E-state index contributed by atoms with van der Waals surface area (Å²) in [4.78, 5) is 19.6. The molecule has 50 valence electrons. The second kappa shape index (κ2) is 3.65. The van der Waals surface area contributed by atoms with Gasteiger partial charge in [0.25, 0.3) is 0 Å². The number of carbonyl (C=O) groups is 2. The molecule has 0 aliphatic carbocycles. The van der Waals surface area contributed by atoms with E-state index < -0.39 is 11.9 Å². The third-order valence-electron chi connectivity index (χ3n) is 0.499. The summed E-state index contributed by atoms with van der Waals surface area (Å²) in [6.45, 7) is 3.10. The van der Waals surface area contributed by atoms with E-state index in [1.807, 2.05) is 0 Å². The molecule has 0 unspecified atom stereocenters. The minimum absolute atomic E-state index is 0.104. The molecule has 0 spiro atoms. The molecule has 0 saturated carbocycles. The predicted molar refractivity (Wildman–Crippen MR) is 26.2 cm³/mol. The van der Waals surface area contributed by atoms with Crippen LogP contribution in [0, 0.1) is 0 Å². The van der Waals surface area contributed by atoms with E-state index in [0.717, 1.165) is 0 Å². The molecular formula is C5H5O4-. The van der Waals surface area contributed by atoms with Crippen LogP contribution in [0.5, 0.6) is 0 Å². The molecule has 4 heteroatoms. The molecule has 0 aromatic heterocycles.